The summed E-state index contributed by atoms with van der Waals surface area (Å²) in [7, 11) is 0. The maximum Gasteiger partial charge on any atom is 0.251 e. The molecule has 12 rings (SSSR count). The number of pyridine rings is 3. The van der Waals surface area contributed by atoms with Crippen molar-refractivity contribution in [3.8, 4) is 34.5 Å². The van der Waals surface area contributed by atoms with Crippen molar-refractivity contribution >= 4 is 62.0 Å². The number of hydrogen-bond acceptors (Lipinski definition) is 15. The van der Waals surface area contributed by atoms with Gasteiger partial charge in [0.25, 0.3) is 17.7 Å². The van der Waals surface area contributed by atoms with Gasteiger partial charge in [-0.3, -0.25) is 29.3 Å². The lowest BCUT2D eigenvalue weighted by Crippen LogP contribution is -2.23. The van der Waals surface area contributed by atoms with Crippen molar-refractivity contribution in [2.45, 2.75) is 47.3 Å². The highest BCUT2D eigenvalue weighted by Gasteiger charge is 2.18. The molecule has 0 aliphatic carbocycles. The number of benzene rings is 6. The maximum atomic E-state index is 13.5. The van der Waals surface area contributed by atoms with Gasteiger partial charge in [-0.25, -0.2) is 4.39 Å². The second-order valence-corrected chi connectivity index (χ2v) is 20.1. The maximum absolute atomic E-state index is 13.5. The average Bonchev–Trinajstić information content (AvgIpc) is 3.59. The van der Waals surface area contributed by atoms with Crippen LogP contribution in [-0.4, -0.2) is 63.3 Å². The van der Waals surface area contributed by atoms with E-state index in [1.807, 2.05) is 82.3 Å². The van der Waals surface area contributed by atoms with Crippen molar-refractivity contribution in [1.29, 1.82) is 0 Å². The molecule has 6 heterocycles. The highest BCUT2D eigenvalue weighted by atomic mass is 35.5. The van der Waals surface area contributed by atoms with Gasteiger partial charge in [0.15, 0.2) is 0 Å². The summed E-state index contributed by atoms with van der Waals surface area (Å²) in [4.78, 5) is 50.9. The number of amides is 3. The van der Waals surface area contributed by atoms with E-state index in [1.54, 1.807) is 135 Å². The van der Waals surface area contributed by atoms with Crippen LogP contribution >= 0.6 is 11.6 Å². The normalized spacial score (nSPS) is 10.7. The van der Waals surface area contributed by atoms with E-state index in [-0.39, 0.29) is 23.5 Å². The molecule has 0 atom stereocenters. The van der Waals surface area contributed by atoms with E-state index in [0.717, 1.165) is 55.2 Å². The molecule has 0 spiro atoms. The Hall–Kier alpha value is -11.2. The monoisotopic (exact) mass is 1180 g/mol. The number of aryl methyl sites for hydroxylation is 1. The Morgan fingerprint density at radius 2 is 0.770 bits per heavy atom. The van der Waals surface area contributed by atoms with E-state index >= 15 is 0 Å². The number of carbonyl (C=O) groups excluding carboxylic acids is 3. The van der Waals surface area contributed by atoms with Crippen LogP contribution in [-0.2, 0) is 19.6 Å². The van der Waals surface area contributed by atoms with Gasteiger partial charge in [-0.15, -0.1) is 0 Å². The Labute approximate surface area is 503 Å². The SMILES string of the molecule is Cc1c(Oc2ccnc3cc(Cl)ccc23)cccc1C(=O)NCc1ccnnc1.Cc1c(Oc2ccnc3cc(F)ccc23)cccc1C(=O)NCc1ccnnc1.Cc1ccc2c(Oc3cccc(C(=O)NCc4ccnnc4)c3C)ccnc2c1. The molecule has 20 heteroatoms. The van der Waals surface area contributed by atoms with Crippen molar-refractivity contribution in [2.24, 2.45) is 0 Å². The molecule has 0 unspecified atom stereocenters. The molecular formula is C67H54ClFN12O6. The summed E-state index contributed by atoms with van der Waals surface area (Å²) in [5.41, 5.74) is 9.72. The van der Waals surface area contributed by atoms with Crippen LogP contribution in [0.3, 0.4) is 0 Å². The smallest absolute Gasteiger partial charge is 0.251 e. The van der Waals surface area contributed by atoms with Crippen molar-refractivity contribution in [2.75, 3.05) is 0 Å². The number of nitrogens with zero attached hydrogens (tertiary/aromatic N) is 9. The topological polar surface area (TPSA) is 231 Å². The van der Waals surface area contributed by atoms with Gasteiger partial charge in [-0.2, -0.15) is 30.6 Å². The summed E-state index contributed by atoms with van der Waals surface area (Å²) >= 11 is 6.05. The summed E-state index contributed by atoms with van der Waals surface area (Å²) < 4.78 is 31.8. The largest absolute Gasteiger partial charge is 0.456 e. The van der Waals surface area contributed by atoms with E-state index in [9.17, 15) is 18.8 Å². The number of ether oxygens (including phenoxy) is 3. The molecule has 0 fully saturated rings. The van der Waals surface area contributed by atoms with Gasteiger partial charge in [0.2, 0.25) is 0 Å². The number of nitrogens with one attached hydrogen (secondary N) is 3. The van der Waals surface area contributed by atoms with E-state index in [1.165, 1.54) is 12.1 Å². The molecule has 12 aromatic rings. The molecule has 0 saturated carbocycles. The highest BCUT2D eigenvalue weighted by molar-refractivity contribution is 6.31. The molecule has 3 N–H and O–H groups in total. The number of hydrogen-bond donors (Lipinski definition) is 3. The number of halogens is 2. The number of rotatable bonds is 15. The van der Waals surface area contributed by atoms with Crippen molar-refractivity contribution in [3.05, 3.63) is 268 Å². The van der Waals surface area contributed by atoms with Crippen LogP contribution < -0.4 is 30.2 Å². The van der Waals surface area contributed by atoms with Gasteiger partial charge >= 0.3 is 0 Å². The molecule has 432 valence electrons. The van der Waals surface area contributed by atoms with E-state index in [2.05, 4.69) is 61.5 Å². The predicted octanol–water partition coefficient (Wildman–Crippen LogP) is 13.3. The minimum atomic E-state index is -0.360. The quantitative estimate of drug-likeness (QED) is 0.0866. The summed E-state index contributed by atoms with van der Waals surface area (Å²) in [6.45, 7) is 8.69. The molecule has 87 heavy (non-hydrogen) atoms. The third-order valence-electron chi connectivity index (χ3n) is 13.7. The van der Waals surface area contributed by atoms with Gasteiger partial charge in [0.05, 0.1) is 35.1 Å². The second-order valence-electron chi connectivity index (χ2n) is 19.7. The summed E-state index contributed by atoms with van der Waals surface area (Å²) in [5, 5.41) is 34.4. The van der Waals surface area contributed by atoms with Crippen LogP contribution in [0.4, 0.5) is 4.39 Å². The lowest BCUT2D eigenvalue weighted by Gasteiger charge is -2.14. The zero-order chi connectivity index (χ0) is 60.7. The van der Waals surface area contributed by atoms with E-state index < -0.39 is 0 Å². The zero-order valence-electron chi connectivity index (χ0n) is 47.4. The van der Waals surface area contributed by atoms with E-state index in [4.69, 9.17) is 25.8 Å². The minimum Gasteiger partial charge on any atom is -0.456 e. The molecular weight excluding hydrogens is 1120 g/mol. The molecule has 0 bridgehead atoms. The molecule has 0 radical (unpaired) electrons. The second kappa shape index (κ2) is 27.9. The first kappa shape index (κ1) is 59.0. The third kappa shape index (κ3) is 15.0. The highest BCUT2D eigenvalue weighted by Crippen LogP contribution is 2.36. The lowest BCUT2D eigenvalue weighted by molar-refractivity contribution is 0.0942. The Morgan fingerprint density at radius 1 is 0.402 bits per heavy atom. The van der Waals surface area contributed by atoms with E-state index in [0.29, 0.717) is 92.3 Å². The average molecular weight is 1180 g/mol. The van der Waals surface area contributed by atoms with Gasteiger partial charge in [0.1, 0.15) is 40.3 Å². The predicted molar refractivity (Wildman–Crippen MR) is 328 cm³/mol. The molecule has 0 saturated heterocycles. The zero-order valence-corrected chi connectivity index (χ0v) is 48.2. The third-order valence-corrected chi connectivity index (χ3v) is 14.0. The van der Waals surface area contributed by atoms with Crippen molar-refractivity contribution in [1.82, 2.24) is 61.5 Å². The van der Waals surface area contributed by atoms with Gasteiger partial charge in [-0.1, -0.05) is 35.9 Å². The fourth-order valence-electron chi connectivity index (χ4n) is 9.06. The number of carbonyl (C=O) groups is 3. The Morgan fingerprint density at radius 3 is 1.16 bits per heavy atom. The molecule has 18 nitrogen and oxygen atoms in total. The first-order chi connectivity index (χ1) is 42.3. The van der Waals surface area contributed by atoms with Gasteiger partial charge in [0, 0.05) is 117 Å². The van der Waals surface area contributed by atoms with Crippen LogP contribution in [0, 0.1) is 33.5 Å². The van der Waals surface area contributed by atoms with Crippen LogP contribution in [0.5, 0.6) is 34.5 Å². The standard InChI is InChI=1S/C23H20N4O2.C22H17ClN4O2.C22H17FN4O2/c1-15-6-7-19-20(12-15)24-10-9-22(19)29-21-5-3-4-18(16(21)2)23(28)25-13-17-8-11-26-27-14-17;2*1-14-17(22(28)25-12-15-7-10-26-27-13-15)3-2-4-20(14)29-21-8-9-24-19-11-16(23)5-6-18(19)21/h3-12,14H,13H2,1-2H3,(H,25,28);2*2-11,13H,12H2,1H3,(H,25,28). The van der Waals surface area contributed by atoms with Crippen molar-refractivity contribution < 1.29 is 33.0 Å². The van der Waals surface area contributed by atoms with Gasteiger partial charge in [-0.05, 0) is 165 Å². The molecule has 0 aliphatic heterocycles. The molecule has 6 aromatic carbocycles. The fourth-order valence-corrected chi connectivity index (χ4v) is 9.22. The Bertz CT molecular complexity index is 3990. The first-order valence-electron chi connectivity index (χ1n) is 27.2. The summed E-state index contributed by atoms with van der Waals surface area (Å²) in [6.07, 6.45) is 14.6. The molecule has 0 aliphatic rings. The summed E-state index contributed by atoms with van der Waals surface area (Å²) in [6, 6.07) is 42.7. The first-order valence-corrected chi connectivity index (χ1v) is 27.6. The summed E-state index contributed by atoms with van der Waals surface area (Å²) in [5.74, 6) is 2.75. The van der Waals surface area contributed by atoms with Crippen LogP contribution in [0.1, 0.15) is 70.0 Å². The van der Waals surface area contributed by atoms with Crippen LogP contribution in [0.2, 0.25) is 5.02 Å². The van der Waals surface area contributed by atoms with Crippen LogP contribution in [0.25, 0.3) is 32.7 Å². The van der Waals surface area contributed by atoms with Crippen molar-refractivity contribution in [3.63, 3.8) is 0 Å². The Kier molecular flexibility index (Phi) is 18.9. The Balaban J connectivity index is 0.000000144. The number of fused-ring (bicyclic) bond motifs is 3. The molecule has 6 aromatic heterocycles. The molecule has 3 amide bonds. The lowest BCUT2D eigenvalue weighted by atomic mass is 10.1. The van der Waals surface area contributed by atoms with Crippen LogP contribution in [0.15, 0.2) is 201 Å². The van der Waals surface area contributed by atoms with Gasteiger partial charge < -0.3 is 30.2 Å². The fraction of sp³-hybridized carbons (Fsp3) is 0.104. The number of aromatic nitrogens is 9. The minimum absolute atomic E-state index is 0.167.